The molecule has 68 valence electrons. The SMILES string of the molecule is [N-]=[N+]=NN1C(=O)C(=O)c2ccccc21. The van der Waals surface area contributed by atoms with Crippen LogP contribution in [0.2, 0.25) is 0 Å². The molecule has 1 amide bonds. The number of fused-ring (bicyclic) bond motifs is 1. The fourth-order valence-electron chi connectivity index (χ4n) is 1.30. The smallest absolute Gasteiger partial charge is 0.280 e. The normalized spacial score (nSPS) is 13.9. The highest BCUT2D eigenvalue weighted by Crippen LogP contribution is 2.28. The molecule has 0 N–H and O–H groups in total. The quantitative estimate of drug-likeness (QED) is 0.289. The number of azide groups is 1. The Bertz CT molecular complexity index is 476. The largest absolute Gasteiger partial charge is 0.390 e. The molecule has 1 aliphatic heterocycles. The van der Waals surface area contributed by atoms with Crippen LogP contribution in [-0.4, -0.2) is 11.7 Å². The van der Waals surface area contributed by atoms with Crippen molar-refractivity contribution < 1.29 is 9.59 Å². The Morgan fingerprint density at radius 3 is 2.71 bits per heavy atom. The number of carbonyl (C=O) groups excluding carboxylic acids is 2. The third-order valence-corrected chi connectivity index (χ3v) is 1.89. The van der Waals surface area contributed by atoms with Crippen molar-refractivity contribution in [3.63, 3.8) is 0 Å². The molecule has 0 atom stereocenters. The molecule has 6 nitrogen and oxygen atoms in total. The van der Waals surface area contributed by atoms with Gasteiger partial charge in [0.2, 0.25) is 0 Å². The average Bonchev–Trinajstić information content (AvgIpc) is 2.45. The van der Waals surface area contributed by atoms with Crippen molar-refractivity contribution in [1.82, 2.24) is 0 Å². The molecule has 1 aromatic rings. The van der Waals surface area contributed by atoms with E-state index < -0.39 is 11.7 Å². The van der Waals surface area contributed by atoms with Crippen molar-refractivity contribution in [2.24, 2.45) is 5.22 Å². The highest BCUT2D eigenvalue weighted by molar-refractivity contribution is 6.52. The lowest BCUT2D eigenvalue weighted by atomic mass is 10.1. The van der Waals surface area contributed by atoms with Crippen LogP contribution in [0, 0.1) is 0 Å². The lowest BCUT2D eigenvalue weighted by Crippen LogP contribution is -2.23. The number of anilines is 1. The molecular formula is C8H4N4O2. The molecule has 0 spiro atoms. The molecule has 0 saturated carbocycles. The van der Waals surface area contributed by atoms with Gasteiger partial charge < -0.3 is 0 Å². The maximum atomic E-state index is 11.3. The molecule has 0 bridgehead atoms. The molecule has 0 aliphatic carbocycles. The number of nitrogens with zero attached hydrogens (tertiary/aromatic N) is 4. The van der Waals surface area contributed by atoms with E-state index in [9.17, 15) is 9.59 Å². The van der Waals surface area contributed by atoms with Gasteiger partial charge in [-0.2, -0.15) is 4.91 Å². The van der Waals surface area contributed by atoms with Gasteiger partial charge in [0.1, 0.15) is 0 Å². The van der Waals surface area contributed by atoms with Gasteiger partial charge in [0.15, 0.2) is 5.69 Å². The number of Topliss-reactive ketones (excluding diaryl/α,β-unsaturated/α-hetero) is 1. The maximum absolute atomic E-state index is 11.3. The number of hydrogen-bond acceptors (Lipinski definition) is 3. The van der Waals surface area contributed by atoms with Gasteiger partial charge in [0, 0.05) is 0 Å². The number of benzene rings is 1. The summed E-state index contributed by atoms with van der Waals surface area (Å²) in [7, 11) is 0. The van der Waals surface area contributed by atoms with Crippen LogP contribution < -0.4 is 5.01 Å². The Labute approximate surface area is 78.3 Å². The van der Waals surface area contributed by atoms with E-state index in [1.54, 1.807) is 18.2 Å². The van der Waals surface area contributed by atoms with Gasteiger partial charge in [-0.1, -0.05) is 12.1 Å². The topological polar surface area (TPSA) is 86.1 Å². The standard InChI is InChI=1S/C8H4N4O2/c9-10-11-12-6-4-2-1-3-5(6)7(13)8(12)14/h1-4H. The van der Waals surface area contributed by atoms with Gasteiger partial charge in [-0.25, -0.2) is 4.79 Å². The minimum atomic E-state index is -0.816. The monoisotopic (exact) mass is 188 g/mol. The molecule has 0 unspecified atom stereocenters. The van der Waals surface area contributed by atoms with Crippen molar-refractivity contribution in [2.45, 2.75) is 0 Å². The molecule has 0 fully saturated rings. The number of para-hydroxylation sites is 1. The number of rotatable bonds is 1. The van der Waals surface area contributed by atoms with Crippen LogP contribution in [0.5, 0.6) is 0 Å². The third kappa shape index (κ3) is 0.949. The number of amides is 1. The third-order valence-electron chi connectivity index (χ3n) is 1.89. The first-order valence-electron chi connectivity index (χ1n) is 3.78. The summed E-state index contributed by atoms with van der Waals surface area (Å²) in [6, 6.07) is 6.36. The summed E-state index contributed by atoms with van der Waals surface area (Å²) in [5.41, 5.74) is 8.81. The van der Waals surface area contributed by atoms with E-state index in [1.807, 2.05) is 0 Å². The van der Waals surface area contributed by atoms with Crippen LogP contribution in [-0.2, 0) is 4.79 Å². The van der Waals surface area contributed by atoms with E-state index in [0.29, 0.717) is 5.69 Å². The minimum absolute atomic E-state index is 0.268. The van der Waals surface area contributed by atoms with Gasteiger partial charge in [-0.3, -0.25) is 4.79 Å². The van der Waals surface area contributed by atoms with E-state index in [1.165, 1.54) is 6.07 Å². The van der Waals surface area contributed by atoms with Crippen molar-refractivity contribution in [2.75, 3.05) is 5.01 Å². The predicted octanol–water partition coefficient (Wildman–Crippen LogP) is 1.44. The first kappa shape index (κ1) is 8.28. The van der Waals surface area contributed by atoms with Gasteiger partial charge >= 0.3 is 5.91 Å². The summed E-state index contributed by atoms with van der Waals surface area (Å²) in [6.07, 6.45) is 0. The Morgan fingerprint density at radius 1 is 1.29 bits per heavy atom. The summed E-state index contributed by atoms with van der Waals surface area (Å²) in [5.74, 6) is -1.46. The first-order chi connectivity index (χ1) is 6.75. The van der Waals surface area contributed by atoms with Crippen molar-refractivity contribution in [3.05, 3.63) is 40.3 Å². The summed E-state index contributed by atoms with van der Waals surface area (Å²) < 4.78 is 0. The van der Waals surface area contributed by atoms with Crippen molar-refractivity contribution in [3.8, 4) is 0 Å². The molecule has 0 radical (unpaired) electrons. The van der Waals surface area contributed by atoms with Gasteiger partial charge in [-0.05, 0) is 17.4 Å². The van der Waals surface area contributed by atoms with E-state index in [-0.39, 0.29) is 5.56 Å². The summed E-state index contributed by atoms with van der Waals surface area (Å²) in [4.78, 5) is 25.1. The van der Waals surface area contributed by atoms with Gasteiger partial charge in [-0.15, -0.1) is 10.5 Å². The zero-order valence-corrected chi connectivity index (χ0v) is 6.91. The van der Waals surface area contributed by atoms with Crippen LogP contribution >= 0.6 is 0 Å². The molecule has 14 heavy (non-hydrogen) atoms. The number of carbonyl (C=O) groups is 2. The molecule has 1 aromatic carbocycles. The second-order valence-corrected chi connectivity index (χ2v) is 2.64. The lowest BCUT2D eigenvalue weighted by Gasteiger charge is -2.00. The Hall–Kier alpha value is -2.33. The Balaban J connectivity index is 2.64. The fraction of sp³-hybridized carbons (Fsp3) is 0. The van der Waals surface area contributed by atoms with Crippen LogP contribution in [0.4, 0.5) is 5.69 Å². The minimum Gasteiger partial charge on any atom is -0.280 e. The molecule has 1 heterocycles. The lowest BCUT2D eigenvalue weighted by molar-refractivity contribution is -0.114. The molecular weight excluding hydrogens is 184 g/mol. The molecule has 0 saturated heterocycles. The Morgan fingerprint density at radius 2 is 2.00 bits per heavy atom. The highest BCUT2D eigenvalue weighted by atomic mass is 16.2. The number of hydrogen-bond donors (Lipinski definition) is 0. The molecule has 2 rings (SSSR count). The predicted molar refractivity (Wildman–Crippen MR) is 47.4 cm³/mol. The average molecular weight is 188 g/mol. The highest BCUT2D eigenvalue weighted by Gasteiger charge is 2.39. The van der Waals surface area contributed by atoms with Crippen LogP contribution in [0.15, 0.2) is 29.5 Å². The summed E-state index contributed by atoms with van der Waals surface area (Å²) in [6.45, 7) is 0. The molecule has 0 aromatic heterocycles. The van der Waals surface area contributed by atoms with E-state index in [2.05, 4.69) is 10.1 Å². The Kier molecular flexibility index (Phi) is 1.69. The van der Waals surface area contributed by atoms with Gasteiger partial charge in [0.05, 0.1) is 5.56 Å². The van der Waals surface area contributed by atoms with Crippen molar-refractivity contribution in [1.29, 1.82) is 0 Å². The zero-order chi connectivity index (χ0) is 10.1. The van der Waals surface area contributed by atoms with Crippen LogP contribution in [0.3, 0.4) is 0 Å². The number of ketones is 1. The summed E-state index contributed by atoms with van der Waals surface area (Å²) in [5, 5.41) is 3.90. The fourth-order valence-corrected chi connectivity index (χ4v) is 1.30. The van der Waals surface area contributed by atoms with E-state index in [0.717, 1.165) is 5.01 Å². The van der Waals surface area contributed by atoms with Crippen LogP contribution in [0.1, 0.15) is 10.4 Å². The summed E-state index contributed by atoms with van der Waals surface area (Å²) >= 11 is 0. The van der Waals surface area contributed by atoms with Crippen molar-refractivity contribution >= 4 is 17.4 Å². The van der Waals surface area contributed by atoms with Crippen LogP contribution in [0.25, 0.3) is 10.4 Å². The molecule has 6 heteroatoms. The first-order valence-corrected chi connectivity index (χ1v) is 3.78. The second-order valence-electron chi connectivity index (χ2n) is 2.64. The van der Waals surface area contributed by atoms with E-state index >= 15 is 0 Å². The van der Waals surface area contributed by atoms with E-state index in [4.69, 9.17) is 5.53 Å². The maximum Gasteiger partial charge on any atom is 0.390 e. The zero-order valence-electron chi connectivity index (χ0n) is 6.91. The molecule has 1 aliphatic rings. The second kappa shape index (κ2) is 2.86. The van der Waals surface area contributed by atoms with Gasteiger partial charge in [0.25, 0.3) is 5.78 Å².